The molecular weight excluding hydrogens is 295 g/mol. The van der Waals surface area contributed by atoms with Gasteiger partial charge in [-0.15, -0.1) is 0 Å². The highest BCUT2D eigenvalue weighted by atomic mass is 19.1. The minimum absolute atomic E-state index is 0.198. The van der Waals surface area contributed by atoms with Crippen molar-refractivity contribution in [1.29, 1.82) is 0 Å². The first-order chi connectivity index (χ1) is 11.3. The Labute approximate surface area is 132 Å². The minimum atomic E-state index is -0.474. The zero-order valence-corrected chi connectivity index (χ0v) is 12.3. The molecule has 3 rings (SSSR count). The molecule has 3 aromatic rings. The van der Waals surface area contributed by atoms with Crippen molar-refractivity contribution in [3.05, 3.63) is 66.4 Å². The number of alkyl halides is 1. The summed E-state index contributed by atoms with van der Waals surface area (Å²) in [7, 11) is 0. The van der Waals surface area contributed by atoms with E-state index in [9.17, 15) is 4.39 Å². The van der Waals surface area contributed by atoms with Gasteiger partial charge in [-0.2, -0.15) is 5.10 Å². The second-order valence-corrected chi connectivity index (χ2v) is 4.79. The maximum absolute atomic E-state index is 12.3. The summed E-state index contributed by atoms with van der Waals surface area (Å²) in [6.07, 6.45) is 6.95. The van der Waals surface area contributed by atoms with E-state index in [-0.39, 0.29) is 6.42 Å². The number of halogens is 1. The Morgan fingerprint density at radius 3 is 2.65 bits per heavy atom. The lowest BCUT2D eigenvalue weighted by atomic mass is 10.2. The zero-order chi connectivity index (χ0) is 15.9. The molecule has 2 heterocycles. The molecule has 116 valence electrons. The molecule has 1 aromatic carbocycles. The Morgan fingerprint density at radius 2 is 1.91 bits per heavy atom. The fourth-order valence-electron chi connectivity index (χ4n) is 1.98. The zero-order valence-electron chi connectivity index (χ0n) is 12.3. The minimum Gasteiger partial charge on any atom is -0.441 e. The van der Waals surface area contributed by atoms with Crippen molar-refractivity contribution in [2.45, 2.75) is 6.42 Å². The van der Waals surface area contributed by atoms with Crippen LogP contribution in [-0.2, 0) is 6.42 Å². The lowest BCUT2D eigenvalue weighted by Crippen LogP contribution is -1.90. The molecule has 0 atom stereocenters. The number of hydrogen-bond acceptors (Lipinski definition) is 5. The number of aryl methyl sites for hydroxylation is 1. The first-order valence-electron chi connectivity index (χ1n) is 7.15. The molecule has 6 heteroatoms. The van der Waals surface area contributed by atoms with E-state index in [4.69, 9.17) is 4.42 Å². The van der Waals surface area contributed by atoms with Crippen LogP contribution in [0.5, 0.6) is 0 Å². The average Bonchev–Trinajstić information content (AvgIpc) is 3.06. The van der Waals surface area contributed by atoms with Crippen LogP contribution in [0.3, 0.4) is 0 Å². The van der Waals surface area contributed by atoms with Gasteiger partial charge in [0.1, 0.15) is 0 Å². The molecule has 0 bridgehead atoms. The third kappa shape index (κ3) is 4.00. The van der Waals surface area contributed by atoms with Gasteiger partial charge < -0.3 is 4.42 Å². The Kier molecular flexibility index (Phi) is 4.73. The molecule has 0 spiro atoms. The summed E-state index contributed by atoms with van der Waals surface area (Å²) >= 11 is 0. The predicted molar refractivity (Wildman–Crippen MR) is 87.1 cm³/mol. The molecule has 2 aromatic heterocycles. The van der Waals surface area contributed by atoms with E-state index in [2.05, 4.69) is 20.5 Å². The van der Waals surface area contributed by atoms with Crippen LogP contribution in [0.25, 0.3) is 11.3 Å². The van der Waals surface area contributed by atoms with Crippen molar-refractivity contribution in [2.75, 3.05) is 12.1 Å². The number of aromatic nitrogens is 2. The van der Waals surface area contributed by atoms with Crippen LogP contribution in [-0.4, -0.2) is 22.9 Å². The van der Waals surface area contributed by atoms with E-state index < -0.39 is 6.67 Å². The molecule has 0 saturated heterocycles. The number of pyridine rings is 1. The molecule has 0 aliphatic carbocycles. The average molecular weight is 310 g/mol. The molecule has 0 saturated carbocycles. The van der Waals surface area contributed by atoms with Gasteiger partial charge in [-0.1, -0.05) is 0 Å². The second-order valence-electron chi connectivity index (χ2n) is 4.79. The largest absolute Gasteiger partial charge is 0.441 e. The first-order valence-corrected chi connectivity index (χ1v) is 7.15. The first kappa shape index (κ1) is 14.9. The molecule has 0 unspecified atom stereocenters. The number of rotatable bonds is 6. The van der Waals surface area contributed by atoms with Gasteiger partial charge in [0.2, 0.25) is 0 Å². The Morgan fingerprint density at radius 1 is 1.13 bits per heavy atom. The Balaban J connectivity index is 1.63. The lowest BCUT2D eigenvalue weighted by molar-refractivity contribution is 0.434. The van der Waals surface area contributed by atoms with Crippen molar-refractivity contribution < 1.29 is 8.81 Å². The fourth-order valence-corrected chi connectivity index (χ4v) is 1.98. The maximum Gasteiger partial charge on any atom is 0.197 e. The van der Waals surface area contributed by atoms with Crippen molar-refractivity contribution >= 4 is 11.9 Å². The van der Waals surface area contributed by atoms with Gasteiger partial charge in [0.15, 0.2) is 11.7 Å². The predicted octanol–water partition coefficient (Wildman–Crippen LogP) is 3.69. The van der Waals surface area contributed by atoms with Gasteiger partial charge in [0, 0.05) is 18.0 Å². The SMILES string of the molecule is FCCc1ncc(-c2ccc(N/N=C/c3ccncc3)cc2)o1. The van der Waals surface area contributed by atoms with E-state index in [0.717, 1.165) is 16.8 Å². The smallest absolute Gasteiger partial charge is 0.197 e. The summed E-state index contributed by atoms with van der Waals surface area (Å²) in [6, 6.07) is 11.3. The number of anilines is 1. The molecule has 23 heavy (non-hydrogen) atoms. The van der Waals surface area contributed by atoms with Crippen LogP contribution in [0.1, 0.15) is 11.5 Å². The monoisotopic (exact) mass is 310 g/mol. The van der Waals surface area contributed by atoms with E-state index >= 15 is 0 Å². The van der Waals surface area contributed by atoms with Crippen molar-refractivity contribution in [3.8, 4) is 11.3 Å². The second kappa shape index (κ2) is 7.31. The Bertz CT molecular complexity index is 769. The van der Waals surface area contributed by atoms with Gasteiger partial charge >= 0.3 is 0 Å². The maximum atomic E-state index is 12.3. The van der Waals surface area contributed by atoms with Gasteiger partial charge in [0.25, 0.3) is 0 Å². The highest BCUT2D eigenvalue weighted by Gasteiger charge is 2.06. The van der Waals surface area contributed by atoms with Crippen LogP contribution in [0.2, 0.25) is 0 Å². The van der Waals surface area contributed by atoms with Gasteiger partial charge in [-0.25, -0.2) is 4.98 Å². The van der Waals surface area contributed by atoms with Crippen molar-refractivity contribution in [3.63, 3.8) is 0 Å². The number of nitrogens with one attached hydrogen (secondary N) is 1. The Hall–Kier alpha value is -3.02. The van der Waals surface area contributed by atoms with Crippen LogP contribution in [0, 0.1) is 0 Å². The summed E-state index contributed by atoms with van der Waals surface area (Å²) < 4.78 is 17.7. The van der Waals surface area contributed by atoms with Crippen molar-refractivity contribution in [1.82, 2.24) is 9.97 Å². The summed E-state index contributed by atoms with van der Waals surface area (Å²) in [5, 5.41) is 4.16. The summed E-state index contributed by atoms with van der Waals surface area (Å²) in [4.78, 5) is 7.98. The van der Waals surface area contributed by atoms with Crippen LogP contribution in [0.15, 0.2) is 64.5 Å². The molecule has 0 amide bonds. The van der Waals surface area contributed by atoms with Crippen LogP contribution >= 0.6 is 0 Å². The van der Waals surface area contributed by atoms with Gasteiger partial charge in [0.05, 0.1) is 31.2 Å². The molecule has 0 aliphatic heterocycles. The quantitative estimate of drug-likeness (QED) is 0.557. The lowest BCUT2D eigenvalue weighted by Gasteiger charge is -2.01. The highest BCUT2D eigenvalue weighted by Crippen LogP contribution is 2.22. The van der Waals surface area contributed by atoms with E-state index in [1.54, 1.807) is 24.8 Å². The molecule has 0 fully saturated rings. The standard InChI is InChI=1S/C17H15FN4O/c18-8-5-17-20-12-16(23-17)14-1-3-15(4-2-14)22-21-11-13-6-9-19-10-7-13/h1-4,6-7,9-12,22H,5,8H2/b21-11+. The summed E-state index contributed by atoms with van der Waals surface area (Å²) in [5.41, 5.74) is 5.64. The van der Waals surface area contributed by atoms with E-state index in [1.165, 1.54) is 0 Å². The summed E-state index contributed by atoms with van der Waals surface area (Å²) in [6.45, 7) is -0.474. The normalized spacial score (nSPS) is 11.0. The van der Waals surface area contributed by atoms with Crippen LogP contribution < -0.4 is 5.43 Å². The fraction of sp³-hybridized carbons (Fsp3) is 0.118. The topological polar surface area (TPSA) is 63.3 Å². The number of nitrogens with zero attached hydrogens (tertiary/aromatic N) is 3. The summed E-state index contributed by atoms with van der Waals surface area (Å²) in [5.74, 6) is 1.03. The third-order valence-electron chi connectivity index (χ3n) is 3.14. The van der Waals surface area contributed by atoms with Crippen LogP contribution in [0.4, 0.5) is 10.1 Å². The molecule has 0 radical (unpaired) electrons. The number of oxazole rings is 1. The van der Waals surface area contributed by atoms with E-state index in [1.807, 2.05) is 36.4 Å². The molecule has 0 aliphatic rings. The molecule has 5 nitrogen and oxygen atoms in total. The van der Waals surface area contributed by atoms with Gasteiger partial charge in [-0.05, 0) is 42.0 Å². The van der Waals surface area contributed by atoms with E-state index in [0.29, 0.717) is 11.7 Å². The molecule has 1 N–H and O–H groups in total. The van der Waals surface area contributed by atoms with Crippen molar-refractivity contribution in [2.24, 2.45) is 5.10 Å². The number of benzene rings is 1. The third-order valence-corrected chi connectivity index (χ3v) is 3.14. The van der Waals surface area contributed by atoms with Gasteiger partial charge in [-0.3, -0.25) is 14.8 Å². The number of hydrazone groups is 1. The highest BCUT2D eigenvalue weighted by molar-refractivity contribution is 5.79. The number of hydrogen-bond donors (Lipinski definition) is 1. The molecular formula is C17H15FN4O.